The number of carboxylic acids is 1. The number of esters is 1. The van der Waals surface area contributed by atoms with E-state index in [1.807, 2.05) is 0 Å². The second-order valence-corrected chi connectivity index (χ2v) is 4.00. The molecule has 1 rings (SSSR count). The van der Waals surface area contributed by atoms with Crippen LogP contribution in [0.15, 0.2) is 24.3 Å². The number of hydrogen-bond donors (Lipinski definition) is 3. The minimum Gasteiger partial charge on any atom is -0.479 e. The average molecular weight is 268 g/mol. The summed E-state index contributed by atoms with van der Waals surface area (Å²) >= 11 is 0. The Hall–Kier alpha value is -1.92. The third kappa shape index (κ3) is 4.04. The molecule has 0 fully saturated rings. The van der Waals surface area contributed by atoms with Gasteiger partial charge in [0.15, 0.2) is 6.10 Å². The van der Waals surface area contributed by atoms with Gasteiger partial charge in [0, 0.05) is 6.42 Å². The highest BCUT2D eigenvalue weighted by atomic mass is 16.5. The standard InChI is InChI=1S/C13H16O6/c1-19-10(14)7-6-8-4-2-3-5-9(8)11(15)12(16)13(17)18/h2-5,11-12,15-16H,6-7H2,1H3,(H,17,18). The molecule has 0 spiro atoms. The number of carbonyl (C=O) groups is 2. The van der Waals surface area contributed by atoms with E-state index in [0.717, 1.165) is 0 Å². The third-order valence-electron chi connectivity index (χ3n) is 2.75. The molecule has 104 valence electrons. The molecule has 1 aromatic rings. The number of rotatable bonds is 6. The number of ether oxygens (including phenoxy) is 1. The summed E-state index contributed by atoms with van der Waals surface area (Å²) in [4.78, 5) is 21.7. The van der Waals surface area contributed by atoms with Crippen molar-refractivity contribution in [3.63, 3.8) is 0 Å². The Labute approximate surface area is 110 Å². The Morgan fingerprint density at radius 1 is 1.26 bits per heavy atom. The van der Waals surface area contributed by atoms with E-state index in [1.54, 1.807) is 18.2 Å². The summed E-state index contributed by atoms with van der Waals surface area (Å²) in [5, 5.41) is 27.8. The molecular formula is C13H16O6. The van der Waals surface area contributed by atoms with E-state index in [9.17, 15) is 19.8 Å². The van der Waals surface area contributed by atoms with Gasteiger partial charge in [0.2, 0.25) is 0 Å². The fourth-order valence-electron chi connectivity index (χ4n) is 1.69. The van der Waals surface area contributed by atoms with Crippen molar-refractivity contribution in [3.8, 4) is 0 Å². The highest BCUT2D eigenvalue weighted by Gasteiger charge is 2.26. The SMILES string of the molecule is COC(=O)CCc1ccccc1C(O)C(O)C(=O)O. The zero-order valence-electron chi connectivity index (χ0n) is 10.4. The fraction of sp³-hybridized carbons (Fsp3) is 0.385. The number of aliphatic hydroxyl groups excluding tert-OH is 2. The molecule has 0 saturated carbocycles. The van der Waals surface area contributed by atoms with Crippen molar-refractivity contribution in [2.45, 2.75) is 25.0 Å². The number of carboxylic acid groups (broad SMARTS) is 1. The summed E-state index contributed by atoms with van der Waals surface area (Å²) in [5.74, 6) is -1.90. The average Bonchev–Trinajstić information content (AvgIpc) is 2.43. The van der Waals surface area contributed by atoms with Gasteiger partial charge in [0.25, 0.3) is 0 Å². The Balaban J connectivity index is 2.89. The summed E-state index contributed by atoms with van der Waals surface area (Å²) in [6.07, 6.45) is -3.03. The van der Waals surface area contributed by atoms with E-state index in [0.29, 0.717) is 17.5 Å². The lowest BCUT2D eigenvalue weighted by atomic mass is 9.96. The predicted molar refractivity (Wildman–Crippen MR) is 65.4 cm³/mol. The van der Waals surface area contributed by atoms with Crippen LogP contribution in [0.25, 0.3) is 0 Å². The van der Waals surface area contributed by atoms with Crippen molar-refractivity contribution in [1.29, 1.82) is 0 Å². The lowest BCUT2D eigenvalue weighted by molar-refractivity contribution is -0.153. The van der Waals surface area contributed by atoms with Crippen molar-refractivity contribution < 1.29 is 29.6 Å². The zero-order valence-corrected chi connectivity index (χ0v) is 10.4. The number of aryl methyl sites for hydroxylation is 1. The molecule has 3 N–H and O–H groups in total. The zero-order chi connectivity index (χ0) is 14.4. The Morgan fingerprint density at radius 2 is 1.89 bits per heavy atom. The van der Waals surface area contributed by atoms with Crippen molar-refractivity contribution in [2.75, 3.05) is 7.11 Å². The molecular weight excluding hydrogens is 252 g/mol. The van der Waals surface area contributed by atoms with Gasteiger partial charge >= 0.3 is 11.9 Å². The van der Waals surface area contributed by atoms with E-state index in [1.165, 1.54) is 13.2 Å². The van der Waals surface area contributed by atoms with Crippen molar-refractivity contribution >= 4 is 11.9 Å². The van der Waals surface area contributed by atoms with Gasteiger partial charge in [-0.2, -0.15) is 0 Å². The van der Waals surface area contributed by atoms with Gasteiger partial charge < -0.3 is 20.1 Å². The van der Waals surface area contributed by atoms with Gasteiger partial charge in [-0.25, -0.2) is 4.79 Å². The van der Waals surface area contributed by atoms with Crippen molar-refractivity contribution in [3.05, 3.63) is 35.4 Å². The Morgan fingerprint density at radius 3 is 2.47 bits per heavy atom. The van der Waals surface area contributed by atoms with Crippen LogP contribution in [-0.2, 0) is 20.7 Å². The number of hydrogen-bond acceptors (Lipinski definition) is 5. The monoisotopic (exact) mass is 268 g/mol. The molecule has 1 aromatic carbocycles. The topological polar surface area (TPSA) is 104 Å². The largest absolute Gasteiger partial charge is 0.479 e. The molecule has 0 radical (unpaired) electrons. The smallest absolute Gasteiger partial charge is 0.335 e. The summed E-state index contributed by atoms with van der Waals surface area (Å²) in [7, 11) is 1.28. The number of methoxy groups -OCH3 is 1. The number of aliphatic carboxylic acids is 1. The molecule has 0 amide bonds. The number of benzene rings is 1. The van der Waals surface area contributed by atoms with E-state index in [4.69, 9.17) is 5.11 Å². The van der Waals surface area contributed by atoms with E-state index >= 15 is 0 Å². The maximum absolute atomic E-state index is 11.1. The molecule has 2 unspecified atom stereocenters. The minimum atomic E-state index is -1.90. The molecule has 0 aromatic heterocycles. The quantitative estimate of drug-likeness (QED) is 0.640. The second-order valence-electron chi connectivity index (χ2n) is 4.00. The van der Waals surface area contributed by atoms with E-state index in [-0.39, 0.29) is 6.42 Å². The fourth-order valence-corrected chi connectivity index (χ4v) is 1.69. The first-order valence-corrected chi connectivity index (χ1v) is 5.71. The predicted octanol–water partition coefficient (Wildman–Crippen LogP) is 0.271. The van der Waals surface area contributed by atoms with Crippen LogP contribution < -0.4 is 0 Å². The molecule has 19 heavy (non-hydrogen) atoms. The maximum atomic E-state index is 11.1. The van der Waals surface area contributed by atoms with Gasteiger partial charge in [-0.3, -0.25) is 4.79 Å². The lowest BCUT2D eigenvalue weighted by Gasteiger charge is -2.17. The lowest BCUT2D eigenvalue weighted by Crippen LogP contribution is -2.28. The van der Waals surface area contributed by atoms with Gasteiger partial charge in [-0.15, -0.1) is 0 Å². The Bertz CT molecular complexity index is 456. The minimum absolute atomic E-state index is 0.114. The third-order valence-corrected chi connectivity index (χ3v) is 2.75. The molecule has 0 aliphatic rings. The highest BCUT2D eigenvalue weighted by molar-refractivity contribution is 5.73. The van der Waals surface area contributed by atoms with E-state index < -0.39 is 24.1 Å². The summed E-state index contributed by atoms with van der Waals surface area (Å²) in [5.41, 5.74) is 0.891. The van der Waals surface area contributed by atoms with Crippen LogP contribution in [0.3, 0.4) is 0 Å². The van der Waals surface area contributed by atoms with Crippen LogP contribution in [0.4, 0.5) is 0 Å². The molecule has 0 heterocycles. The van der Waals surface area contributed by atoms with Gasteiger partial charge in [0.05, 0.1) is 7.11 Å². The van der Waals surface area contributed by atoms with E-state index in [2.05, 4.69) is 4.74 Å². The van der Waals surface area contributed by atoms with Crippen LogP contribution >= 0.6 is 0 Å². The molecule has 0 aliphatic carbocycles. The molecule has 6 nitrogen and oxygen atoms in total. The van der Waals surface area contributed by atoms with Crippen LogP contribution in [0.5, 0.6) is 0 Å². The summed E-state index contributed by atoms with van der Waals surface area (Å²) < 4.78 is 4.51. The highest BCUT2D eigenvalue weighted by Crippen LogP contribution is 2.22. The maximum Gasteiger partial charge on any atom is 0.335 e. The van der Waals surface area contributed by atoms with Crippen molar-refractivity contribution in [1.82, 2.24) is 0 Å². The Kier molecular flexibility index (Phi) is 5.47. The first-order chi connectivity index (χ1) is 8.97. The second kappa shape index (κ2) is 6.86. The van der Waals surface area contributed by atoms with Gasteiger partial charge in [-0.1, -0.05) is 24.3 Å². The first kappa shape index (κ1) is 15.1. The first-order valence-electron chi connectivity index (χ1n) is 5.71. The molecule has 0 saturated heterocycles. The van der Waals surface area contributed by atoms with Gasteiger partial charge in [-0.05, 0) is 17.5 Å². The summed E-state index contributed by atoms with van der Waals surface area (Å²) in [6, 6.07) is 6.50. The van der Waals surface area contributed by atoms with Crippen LogP contribution in [-0.4, -0.2) is 40.5 Å². The molecule has 0 aliphatic heterocycles. The van der Waals surface area contributed by atoms with Gasteiger partial charge in [0.1, 0.15) is 6.10 Å². The molecule has 6 heteroatoms. The van der Waals surface area contributed by atoms with Crippen molar-refractivity contribution in [2.24, 2.45) is 0 Å². The van der Waals surface area contributed by atoms with Crippen LogP contribution in [0.2, 0.25) is 0 Å². The number of aliphatic hydroxyl groups is 2. The van der Waals surface area contributed by atoms with Crippen LogP contribution in [0, 0.1) is 0 Å². The number of carbonyl (C=O) groups excluding carboxylic acids is 1. The normalized spacial score (nSPS) is 13.6. The van der Waals surface area contributed by atoms with Crippen LogP contribution in [0.1, 0.15) is 23.7 Å². The molecule has 0 bridgehead atoms. The molecule has 2 atom stereocenters. The summed E-state index contributed by atoms with van der Waals surface area (Å²) in [6.45, 7) is 0.